The molecule has 1 aromatic carbocycles. The van der Waals surface area contributed by atoms with Gasteiger partial charge in [0.2, 0.25) is 0 Å². The van der Waals surface area contributed by atoms with Crippen LogP contribution in [0.15, 0.2) is 36.4 Å². The Morgan fingerprint density at radius 1 is 1.33 bits per heavy atom. The van der Waals surface area contributed by atoms with E-state index in [0.29, 0.717) is 5.56 Å². The summed E-state index contributed by atoms with van der Waals surface area (Å²) in [7, 11) is 0. The number of hydrogen-bond donors (Lipinski definition) is 1. The number of anilines is 1. The lowest BCUT2D eigenvalue weighted by molar-refractivity contribution is -0.122. The number of aromatic nitrogens is 1. The Balaban J connectivity index is 0.000000497. The number of nitriles is 1. The molecule has 0 spiro atoms. The number of pyridine rings is 1. The van der Waals surface area contributed by atoms with Gasteiger partial charge < -0.3 is 10.0 Å². The Hall–Kier alpha value is -2.87. The fourth-order valence-corrected chi connectivity index (χ4v) is 2.37. The number of rotatable bonds is 1. The van der Waals surface area contributed by atoms with Crippen LogP contribution < -0.4 is 4.90 Å². The van der Waals surface area contributed by atoms with Crippen molar-refractivity contribution in [3.05, 3.63) is 47.5 Å². The zero-order valence-corrected chi connectivity index (χ0v) is 11.7. The zero-order chi connectivity index (χ0) is 15.2. The van der Waals surface area contributed by atoms with Crippen molar-refractivity contribution in [2.45, 2.75) is 6.92 Å². The molecule has 3 rings (SSSR count). The molecule has 5 nitrogen and oxygen atoms in total. The molecule has 1 N–H and O–H groups in total. The normalized spacial score (nSPS) is 12.7. The summed E-state index contributed by atoms with van der Waals surface area (Å²) in [4.78, 5) is 15.1. The van der Waals surface area contributed by atoms with Gasteiger partial charge in [-0.3, -0.25) is 4.79 Å². The first kappa shape index (κ1) is 14.5. The largest absolute Gasteiger partial charge is 0.483 e. The highest BCUT2D eigenvalue weighted by Crippen LogP contribution is 2.28. The number of nitrogens with zero attached hydrogens (tertiary/aromatic N) is 3. The Bertz CT molecular complexity index is 724. The van der Waals surface area contributed by atoms with Crippen LogP contribution >= 0.6 is 0 Å². The van der Waals surface area contributed by atoms with Gasteiger partial charge in [0.05, 0.1) is 11.1 Å². The van der Waals surface area contributed by atoms with E-state index in [-0.39, 0.29) is 6.47 Å². The molecule has 0 aliphatic carbocycles. The first-order valence-corrected chi connectivity index (χ1v) is 6.50. The molecule has 1 aromatic heterocycles. The molecule has 0 unspecified atom stereocenters. The second-order valence-electron chi connectivity index (χ2n) is 4.55. The maximum absolute atomic E-state index is 9.38. The molecule has 0 saturated carbocycles. The summed E-state index contributed by atoms with van der Waals surface area (Å²) in [5, 5.41) is 17.3. The van der Waals surface area contributed by atoms with Gasteiger partial charge in [0.15, 0.2) is 0 Å². The van der Waals surface area contributed by atoms with E-state index >= 15 is 0 Å². The van der Waals surface area contributed by atoms with Gasteiger partial charge in [-0.2, -0.15) is 5.26 Å². The molecule has 0 amide bonds. The third-order valence-corrected chi connectivity index (χ3v) is 3.36. The molecule has 106 valence electrons. The molecular formula is C16H15N3O2. The van der Waals surface area contributed by atoms with Gasteiger partial charge in [0.1, 0.15) is 11.9 Å². The first-order valence-electron chi connectivity index (χ1n) is 6.50. The van der Waals surface area contributed by atoms with Crippen molar-refractivity contribution in [3.8, 4) is 6.07 Å². The Morgan fingerprint density at radius 3 is 2.57 bits per heavy atom. The van der Waals surface area contributed by atoms with Crippen LogP contribution in [0, 0.1) is 18.3 Å². The van der Waals surface area contributed by atoms with E-state index < -0.39 is 0 Å². The minimum absolute atomic E-state index is 0.250. The fraction of sp³-hybridized carbons (Fsp3) is 0.188. The number of hydrogen-bond acceptors (Lipinski definition) is 4. The number of fused-ring (bicyclic) bond motifs is 1. The Morgan fingerprint density at radius 2 is 1.95 bits per heavy atom. The topological polar surface area (TPSA) is 77.2 Å². The van der Waals surface area contributed by atoms with Crippen LogP contribution in [0.4, 0.5) is 5.82 Å². The fourth-order valence-electron chi connectivity index (χ4n) is 2.37. The summed E-state index contributed by atoms with van der Waals surface area (Å²) in [6.07, 6.45) is 4.21. The van der Waals surface area contributed by atoms with Gasteiger partial charge in [0.25, 0.3) is 6.47 Å². The molecule has 21 heavy (non-hydrogen) atoms. The quantitative estimate of drug-likeness (QED) is 0.642. The van der Waals surface area contributed by atoms with Crippen LogP contribution in [0.1, 0.15) is 11.1 Å². The highest BCUT2D eigenvalue weighted by atomic mass is 16.3. The van der Waals surface area contributed by atoms with E-state index in [1.54, 1.807) is 0 Å². The van der Waals surface area contributed by atoms with Crippen LogP contribution in [0.2, 0.25) is 0 Å². The molecule has 0 atom stereocenters. The molecule has 1 aliphatic rings. The number of para-hydroxylation sites is 1. The second kappa shape index (κ2) is 6.53. The molecular weight excluding hydrogens is 266 g/mol. The molecule has 5 heteroatoms. The Kier molecular flexibility index (Phi) is 4.52. The van der Waals surface area contributed by atoms with Gasteiger partial charge >= 0.3 is 0 Å². The van der Waals surface area contributed by atoms with E-state index in [1.807, 2.05) is 31.2 Å². The summed E-state index contributed by atoms with van der Waals surface area (Å²) in [6.45, 7) is 3.41. The predicted octanol–water partition coefficient (Wildman–Crippen LogP) is 2.49. The van der Waals surface area contributed by atoms with E-state index in [4.69, 9.17) is 9.90 Å². The highest BCUT2D eigenvalue weighted by Gasteiger charge is 2.17. The summed E-state index contributed by atoms with van der Waals surface area (Å²) >= 11 is 0. The summed E-state index contributed by atoms with van der Waals surface area (Å²) < 4.78 is 0. The van der Waals surface area contributed by atoms with Gasteiger partial charge in [-0.05, 0) is 18.6 Å². The number of aryl methyl sites for hydroxylation is 1. The average Bonchev–Trinajstić information content (AvgIpc) is 3.02. The van der Waals surface area contributed by atoms with Crippen molar-refractivity contribution < 1.29 is 9.90 Å². The van der Waals surface area contributed by atoms with Crippen LogP contribution in [0.5, 0.6) is 0 Å². The monoisotopic (exact) mass is 281 g/mol. The third kappa shape index (κ3) is 2.84. The Labute approximate surface area is 122 Å². The molecule has 2 aromatic rings. The lowest BCUT2D eigenvalue weighted by atomic mass is 10.0. The van der Waals surface area contributed by atoms with E-state index in [9.17, 15) is 5.26 Å². The van der Waals surface area contributed by atoms with Crippen molar-refractivity contribution in [1.29, 1.82) is 5.26 Å². The van der Waals surface area contributed by atoms with Gasteiger partial charge in [-0.25, -0.2) is 4.98 Å². The number of benzene rings is 1. The lowest BCUT2D eigenvalue weighted by Gasteiger charge is -2.19. The number of carboxylic acid groups (broad SMARTS) is 1. The number of carbonyl (C=O) groups is 1. The minimum atomic E-state index is -0.250. The maximum Gasteiger partial charge on any atom is 0.290 e. The summed E-state index contributed by atoms with van der Waals surface area (Å²) in [5.74, 6) is 0.804. The van der Waals surface area contributed by atoms with Crippen molar-refractivity contribution in [3.63, 3.8) is 0 Å². The third-order valence-electron chi connectivity index (χ3n) is 3.36. The van der Waals surface area contributed by atoms with E-state index in [2.05, 4.69) is 28.1 Å². The lowest BCUT2D eigenvalue weighted by Crippen LogP contribution is -2.21. The molecule has 0 bridgehead atoms. The standard InChI is InChI=1S/C15H13N3.CH2O2/c1-11-12-6-2-3-7-14(12)17-15(13(11)10-16)18-8-4-5-9-18;2-1-3/h2-7H,8-9H2,1H3;1H,(H,2,3). The smallest absolute Gasteiger partial charge is 0.290 e. The zero-order valence-electron chi connectivity index (χ0n) is 11.7. The van der Waals surface area contributed by atoms with Crippen LogP contribution in [-0.4, -0.2) is 29.7 Å². The van der Waals surface area contributed by atoms with Crippen molar-refractivity contribution in [1.82, 2.24) is 4.98 Å². The van der Waals surface area contributed by atoms with Crippen LogP contribution in [0.3, 0.4) is 0 Å². The molecule has 1 aliphatic heterocycles. The van der Waals surface area contributed by atoms with Crippen LogP contribution in [-0.2, 0) is 4.79 Å². The summed E-state index contributed by atoms with van der Waals surface area (Å²) in [6, 6.07) is 10.3. The second-order valence-corrected chi connectivity index (χ2v) is 4.55. The predicted molar refractivity (Wildman–Crippen MR) is 81.2 cm³/mol. The molecule has 2 heterocycles. The molecule has 0 radical (unpaired) electrons. The van der Waals surface area contributed by atoms with Crippen LogP contribution in [0.25, 0.3) is 10.9 Å². The minimum Gasteiger partial charge on any atom is -0.483 e. The first-order chi connectivity index (χ1) is 10.2. The molecule has 0 fully saturated rings. The van der Waals surface area contributed by atoms with Gasteiger partial charge in [-0.1, -0.05) is 30.4 Å². The van der Waals surface area contributed by atoms with Gasteiger partial charge in [-0.15, -0.1) is 0 Å². The maximum atomic E-state index is 9.38. The van der Waals surface area contributed by atoms with Gasteiger partial charge in [0, 0.05) is 18.5 Å². The van der Waals surface area contributed by atoms with Crippen molar-refractivity contribution in [2.24, 2.45) is 0 Å². The SMILES string of the molecule is Cc1c(C#N)c(N2CC=CC2)nc2ccccc12.O=CO. The van der Waals surface area contributed by atoms with Crippen molar-refractivity contribution >= 4 is 23.2 Å². The van der Waals surface area contributed by atoms with Crippen molar-refractivity contribution in [2.75, 3.05) is 18.0 Å². The van der Waals surface area contributed by atoms with E-state index in [0.717, 1.165) is 35.4 Å². The highest BCUT2D eigenvalue weighted by molar-refractivity contribution is 5.87. The molecule has 0 saturated heterocycles. The average molecular weight is 281 g/mol. The van der Waals surface area contributed by atoms with E-state index in [1.165, 1.54) is 0 Å². The summed E-state index contributed by atoms with van der Waals surface area (Å²) in [5.41, 5.74) is 2.67.